The fourth-order valence-electron chi connectivity index (χ4n) is 4.64. The van der Waals surface area contributed by atoms with E-state index in [-0.39, 0.29) is 6.04 Å². The van der Waals surface area contributed by atoms with Gasteiger partial charge in [-0.2, -0.15) is 5.26 Å². The van der Waals surface area contributed by atoms with E-state index in [1.54, 1.807) is 18.3 Å². The van der Waals surface area contributed by atoms with Crippen molar-refractivity contribution in [2.45, 2.75) is 18.9 Å². The summed E-state index contributed by atoms with van der Waals surface area (Å²) in [6.45, 7) is 1.45. The molecule has 0 unspecified atom stereocenters. The number of nitriles is 1. The monoisotopic (exact) mass is 455 g/mol. The van der Waals surface area contributed by atoms with Gasteiger partial charge in [0.25, 0.3) is 0 Å². The molecule has 1 saturated heterocycles. The summed E-state index contributed by atoms with van der Waals surface area (Å²) < 4.78 is 28.2. The largest absolute Gasteiger partial charge is 0.397 e. The van der Waals surface area contributed by atoms with E-state index in [1.165, 1.54) is 12.1 Å². The molecular formula is C27H23F2N5. The van der Waals surface area contributed by atoms with Gasteiger partial charge in [0, 0.05) is 47.9 Å². The molecule has 7 heteroatoms. The van der Waals surface area contributed by atoms with E-state index in [1.807, 2.05) is 24.3 Å². The molecule has 0 amide bonds. The third kappa shape index (κ3) is 3.93. The van der Waals surface area contributed by atoms with Gasteiger partial charge in [-0.15, -0.1) is 0 Å². The topological polar surface area (TPSA) is 92.0 Å². The second-order valence-corrected chi connectivity index (χ2v) is 8.61. The van der Waals surface area contributed by atoms with Gasteiger partial charge in [0.2, 0.25) is 0 Å². The Morgan fingerprint density at radius 3 is 2.38 bits per heavy atom. The summed E-state index contributed by atoms with van der Waals surface area (Å²) in [7, 11) is 0. The summed E-state index contributed by atoms with van der Waals surface area (Å²) >= 11 is 0. The third-order valence-corrected chi connectivity index (χ3v) is 6.41. The first-order chi connectivity index (χ1) is 16.4. The van der Waals surface area contributed by atoms with Crippen molar-refractivity contribution in [2.24, 2.45) is 5.73 Å². The van der Waals surface area contributed by atoms with Crippen molar-refractivity contribution in [3.8, 4) is 28.3 Å². The summed E-state index contributed by atoms with van der Waals surface area (Å²) in [5.41, 5.74) is 17.5. The highest BCUT2D eigenvalue weighted by Gasteiger charge is 2.23. The number of benzene rings is 3. The lowest BCUT2D eigenvalue weighted by Crippen LogP contribution is -2.40. The van der Waals surface area contributed by atoms with Crippen LogP contribution in [-0.4, -0.2) is 24.1 Å². The predicted octanol–water partition coefficient (Wildman–Crippen LogP) is 5.23. The standard InChI is InChI=1S/C27H23F2N5/c28-19-10-18(11-20(29)13-19)24-15-33-25-5-4-16(22-3-1-2-17(14-30)26(22)32)12-23(25)27(24)34-8-6-21(31)7-9-34/h1-5,10-13,15,21H,6-9,31-32H2. The molecular weight excluding hydrogens is 432 g/mol. The molecule has 0 bridgehead atoms. The number of rotatable bonds is 3. The summed E-state index contributed by atoms with van der Waals surface area (Å²) in [5.74, 6) is -1.28. The van der Waals surface area contributed by atoms with Crippen molar-refractivity contribution in [1.82, 2.24) is 4.98 Å². The zero-order valence-corrected chi connectivity index (χ0v) is 18.4. The Morgan fingerprint density at radius 1 is 0.941 bits per heavy atom. The second kappa shape index (κ2) is 8.73. The highest BCUT2D eigenvalue weighted by atomic mass is 19.1. The minimum Gasteiger partial charge on any atom is -0.397 e. The zero-order chi connectivity index (χ0) is 23.8. The molecule has 1 aliphatic heterocycles. The molecule has 0 radical (unpaired) electrons. The second-order valence-electron chi connectivity index (χ2n) is 8.61. The molecule has 5 nitrogen and oxygen atoms in total. The molecule has 170 valence electrons. The van der Waals surface area contributed by atoms with Crippen LogP contribution in [0.2, 0.25) is 0 Å². The Labute approximate surface area is 196 Å². The normalized spacial score (nSPS) is 14.4. The van der Waals surface area contributed by atoms with E-state index in [0.717, 1.165) is 59.7 Å². The number of anilines is 2. The van der Waals surface area contributed by atoms with E-state index in [2.05, 4.69) is 16.0 Å². The number of hydrogen-bond acceptors (Lipinski definition) is 5. The molecule has 34 heavy (non-hydrogen) atoms. The molecule has 0 spiro atoms. The maximum absolute atomic E-state index is 14.1. The van der Waals surface area contributed by atoms with E-state index in [4.69, 9.17) is 11.5 Å². The van der Waals surface area contributed by atoms with Gasteiger partial charge < -0.3 is 16.4 Å². The van der Waals surface area contributed by atoms with Crippen LogP contribution in [0.25, 0.3) is 33.2 Å². The van der Waals surface area contributed by atoms with Crippen molar-refractivity contribution in [3.05, 3.63) is 78.0 Å². The fraction of sp³-hybridized carbons (Fsp3) is 0.185. The van der Waals surface area contributed by atoms with E-state index >= 15 is 0 Å². The average Bonchev–Trinajstić information content (AvgIpc) is 2.83. The maximum Gasteiger partial charge on any atom is 0.126 e. The van der Waals surface area contributed by atoms with Crippen LogP contribution in [0.15, 0.2) is 60.8 Å². The molecule has 0 saturated carbocycles. The van der Waals surface area contributed by atoms with Gasteiger partial charge in [0.1, 0.15) is 17.7 Å². The molecule has 4 aromatic rings. The predicted molar refractivity (Wildman–Crippen MR) is 131 cm³/mol. The molecule has 0 aliphatic carbocycles. The zero-order valence-electron chi connectivity index (χ0n) is 18.4. The number of hydrogen-bond donors (Lipinski definition) is 2. The summed E-state index contributed by atoms with van der Waals surface area (Å²) in [5, 5.41) is 10.2. The molecule has 4 N–H and O–H groups in total. The highest BCUT2D eigenvalue weighted by Crippen LogP contribution is 2.40. The van der Waals surface area contributed by atoms with E-state index < -0.39 is 11.6 Å². The Hall–Kier alpha value is -4.02. The van der Waals surface area contributed by atoms with Crippen LogP contribution >= 0.6 is 0 Å². The Balaban J connectivity index is 1.76. The number of aromatic nitrogens is 1. The molecule has 5 rings (SSSR count). The van der Waals surface area contributed by atoms with Crippen molar-refractivity contribution in [2.75, 3.05) is 23.7 Å². The van der Waals surface area contributed by atoms with Crippen molar-refractivity contribution in [1.29, 1.82) is 5.26 Å². The number of fused-ring (bicyclic) bond motifs is 1. The maximum atomic E-state index is 14.1. The first kappa shape index (κ1) is 21.8. The smallest absolute Gasteiger partial charge is 0.126 e. The lowest BCUT2D eigenvalue weighted by Gasteiger charge is -2.34. The third-order valence-electron chi connectivity index (χ3n) is 6.41. The van der Waals surface area contributed by atoms with Crippen LogP contribution in [0, 0.1) is 23.0 Å². The lowest BCUT2D eigenvalue weighted by molar-refractivity contribution is 0.502. The average molecular weight is 456 g/mol. The van der Waals surface area contributed by atoms with E-state index in [0.29, 0.717) is 22.4 Å². The van der Waals surface area contributed by atoms with Gasteiger partial charge in [-0.1, -0.05) is 18.2 Å². The Bertz CT molecular complexity index is 1420. The van der Waals surface area contributed by atoms with Crippen LogP contribution in [0.1, 0.15) is 18.4 Å². The van der Waals surface area contributed by atoms with Gasteiger partial charge in [0.05, 0.1) is 22.5 Å². The number of nitrogen functional groups attached to an aromatic ring is 1. The number of nitrogens with two attached hydrogens (primary N) is 2. The quantitative estimate of drug-likeness (QED) is 0.413. The first-order valence-corrected chi connectivity index (χ1v) is 11.1. The minimum atomic E-state index is -0.642. The van der Waals surface area contributed by atoms with Crippen molar-refractivity contribution >= 4 is 22.3 Å². The van der Waals surface area contributed by atoms with E-state index in [9.17, 15) is 14.0 Å². The molecule has 1 aliphatic rings. The van der Waals surface area contributed by atoms with Gasteiger partial charge in [-0.25, -0.2) is 8.78 Å². The number of nitrogens with zero attached hydrogens (tertiary/aromatic N) is 3. The lowest BCUT2D eigenvalue weighted by atomic mass is 9.95. The number of piperidine rings is 1. The van der Waals surface area contributed by atoms with Crippen molar-refractivity contribution in [3.63, 3.8) is 0 Å². The highest BCUT2D eigenvalue weighted by molar-refractivity contribution is 6.02. The number of halogens is 2. The van der Waals surface area contributed by atoms with Gasteiger partial charge >= 0.3 is 0 Å². The molecule has 0 atom stereocenters. The molecule has 2 heterocycles. The number of pyridine rings is 1. The van der Waals surface area contributed by atoms with Gasteiger partial charge in [-0.3, -0.25) is 4.98 Å². The fourth-order valence-corrected chi connectivity index (χ4v) is 4.64. The first-order valence-electron chi connectivity index (χ1n) is 11.1. The molecule has 1 aromatic heterocycles. The summed E-state index contributed by atoms with van der Waals surface area (Å²) in [6, 6.07) is 16.9. The summed E-state index contributed by atoms with van der Waals surface area (Å²) in [4.78, 5) is 6.81. The Morgan fingerprint density at radius 2 is 1.68 bits per heavy atom. The minimum absolute atomic E-state index is 0.128. The van der Waals surface area contributed by atoms with Crippen LogP contribution in [0.5, 0.6) is 0 Å². The van der Waals surface area contributed by atoms with Gasteiger partial charge in [-0.05, 0) is 54.3 Å². The van der Waals surface area contributed by atoms with Crippen molar-refractivity contribution < 1.29 is 8.78 Å². The van der Waals surface area contributed by atoms with Gasteiger partial charge in [0.15, 0.2) is 0 Å². The van der Waals surface area contributed by atoms with Crippen LogP contribution in [-0.2, 0) is 0 Å². The summed E-state index contributed by atoms with van der Waals surface area (Å²) in [6.07, 6.45) is 3.31. The molecule has 3 aromatic carbocycles. The molecule has 1 fully saturated rings. The van der Waals surface area contributed by atoms with Crippen LogP contribution < -0.4 is 16.4 Å². The van der Waals surface area contributed by atoms with Crippen LogP contribution in [0.3, 0.4) is 0 Å². The SMILES string of the molecule is N#Cc1cccc(-c2ccc3ncc(-c4cc(F)cc(F)c4)c(N4CCC(N)CC4)c3c2)c1N. The number of para-hydroxylation sites is 1. The Kier molecular flexibility index (Phi) is 5.60. The van der Waals surface area contributed by atoms with Crippen LogP contribution in [0.4, 0.5) is 20.2 Å².